The average Bonchev–Trinajstić information content (AvgIpc) is 2.93. The lowest BCUT2D eigenvalue weighted by Crippen LogP contribution is -2.31. The number of ether oxygens (including phenoxy) is 2. The van der Waals surface area contributed by atoms with Crippen molar-refractivity contribution >= 4 is 6.21 Å². The third-order valence-corrected chi connectivity index (χ3v) is 3.63. The van der Waals surface area contributed by atoms with Crippen molar-refractivity contribution in [1.82, 2.24) is 0 Å². The monoisotopic (exact) mass is 297 g/mol. The third-order valence-electron chi connectivity index (χ3n) is 3.63. The highest BCUT2D eigenvalue weighted by Gasteiger charge is 2.33. The molecule has 22 heavy (non-hydrogen) atoms. The summed E-state index contributed by atoms with van der Waals surface area (Å²) in [6, 6.07) is 19.9. The summed E-state index contributed by atoms with van der Waals surface area (Å²) in [5.41, 5.74) is 2.18. The van der Waals surface area contributed by atoms with Crippen LogP contribution in [0.25, 0.3) is 0 Å². The van der Waals surface area contributed by atoms with E-state index < -0.39 is 0 Å². The van der Waals surface area contributed by atoms with Crippen molar-refractivity contribution in [3.05, 3.63) is 77.0 Å². The first kappa shape index (κ1) is 14.8. The van der Waals surface area contributed by atoms with Crippen LogP contribution in [0.3, 0.4) is 0 Å². The van der Waals surface area contributed by atoms with Crippen LogP contribution in [-0.4, -0.2) is 29.7 Å². The highest BCUT2D eigenvalue weighted by Crippen LogP contribution is 2.14. The first-order chi connectivity index (χ1) is 10.8. The lowest BCUT2D eigenvalue weighted by atomic mass is 10.2. The van der Waals surface area contributed by atoms with E-state index in [4.69, 9.17) is 9.47 Å². The minimum atomic E-state index is -0.304. The number of hydrogen-bond donors (Lipinski definition) is 0. The number of rotatable bonds is 6. The summed E-state index contributed by atoms with van der Waals surface area (Å²) < 4.78 is 12.6. The Labute approximate surface area is 130 Å². The molecule has 0 amide bonds. The fourth-order valence-electron chi connectivity index (χ4n) is 2.44. The Morgan fingerprint density at radius 1 is 0.864 bits per heavy atom. The molecule has 2 atom stereocenters. The van der Waals surface area contributed by atoms with E-state index in [2.05, 4.69) is 0 Å². The van der Waals surface area contributed by atoms with Crippen molar-refractivity contribution in [2.75, 3.05) is 6.54 Å². The Morgan fingerprint density at radius 3 is 2.00 bits per heavy atom. The second-order valence-corrected chi connectivity index (χ2v) is 5.35. The Kier molecular flexibility index (Phi) is 4.83. The summed E-state index contributed by atoms with van der Waals surface area (Å²) in [5.74, 6) is 0. The topological polar surface area (TPSA) is 44.5 Å². The van der Waals surface area contributed by atoms with Gasteiger partial charge in [0.2, 0.25) is 0 Å². The second kappa shape index (κ2) is 7.20. The molecule has 2 aromatic carbocycles. The van der Waals surface area contributed by atoms with Gasteiger partial charge in [0, 0.05) is 0 Å². The molecule has 0 N–H and O–H groups in total. The predicted octanol–water partition coefficient (Wildman–Crippen LogP) is 2.75. The third kappa shape index (κ3) is 3.93. The van der Waals surface area contributed by atoms with Gasteiger partial charge in [-0.2, -0.15) is 0 Å². The van der Waals surface area contributed by atoms with Crippen LogP contribution >= 0.6 is 0 Å². The van der Waals surface area contributed by atoms with E-state index in [0.717, 1.165) is 15.9 Å². The Balaban J connectivity index is 1.54. The Morgan fingerprint density at radius 2 is 1.41 bits per heavy atom. The highest BCUT2D eigenvalue weighted by atomic mass is 16.6. The molecule has 0 radical (unpaired) electrons. The smallest absolute Gasteiger partial charge is 0.183 e. The quantitative estimate of drug-likeness (QED) is 0.608. The van der Waals surface area contributed by atoms with E-state index in [-0.39, 0.29) is 12.2 Å². The van der Waals surface area contributed by atoms with Gasteiger partial charge in [-0.1, -0.05) is 60.7 Å². The number of hydroxylamine groups is 1. The molecule has 0 saturated carbocycles. The standard InChI is InChI=1S/C18H19NO3/c20-19-11-17(21-13-15-7-3-1-4-8-15)18(12-19)22-14-16-9-5-2-6-10-16/h1-11,17-18H,12-14H2/t17-,18-/m0/s1. The van der Waals surface area contributed by atoms with Gasteiger partial charge in [0.25, 0.3) is 0 Å². The van der Waals surface area contributed by atoms with Crippen molar-refractivity contribution in [3.8, 4) is 0 Å². The fraction of sp³-hybridized carbons (Fsp3) is 0.278. The molecule has 0 aliphatic carbocycles. The molecule has 114 valence electrons. The Bertz CT molecular complexity index is 613. The first-order valence-electron chi connectivity index (χ1n) is 7.41. The maximum atomic E-state index is 11.6. The van der Waals surface area contributed by atoms with Gasteiger partial charge in [-0.3, -0.25) is 0 Å². The van der Waals surface area contributed by atoms with E-state index >= 15 is 0 Å². The van der Waals surface area contributed by atoms with Gasteiger partial charge in [-0.05, 0) is 11.1 Å². The van der Waals surface area contributed by atoms with Crippen molar-refractivity contribution in [3.63, 3.8) is 0 Å². The maximum Gasteiger partial charge on any atom is 0.183 e. The molecule has 1 heterocycles. The average molecular weight is 297 g/mol. The normalized spacial score (nSPS) is 20.8. The SMILES string of the molecule is [O-][N+]1=C[C@H](OCc2ccccc2)[C@@H](OCc2ccccc2)C1. The van der Waals surface area contributed by atoms with Crippen LogP contribution in [0.2, 0.25) is 0 Å². The molecule has 4 nitrogen and oxygen atoms in total. The molecule has 2 aromatic rings. The summed E-state index contributed by atoms with van der Waals surface area (Å²) >= 11 is 0. The summed E-state index contributed by atoms with van der Waals surface area (Å²) in [6.45, 7) is 1.27. The van der Waals surface area contributed by atoms with Crippen LogP contribution < -0.4 is 0 Å². The van der Waals surface area contributed by atoms with E-state index in [1.165, 1.54) is 0 Å². The van der Waals surface area contributed by atoms with Crippen LogP contribution in [0.15, 0.2) is 60.7 Å². The van der Waals surface area contributed by atoms with Gasteiger partial charge in [0.05, 0.1) is 13.2 Å². The zero-order valence-corrected chi connectivity index (χ0v) is 12.3. The minimum absolute atomic E-state index is 0.235. The van der Waals surface area contributed by atoms with Gasteiger partial charge < -0.3 is 14.7 Å². The van der Waals surface area contributed by atoms with E-state index in [1.807, 2.05) is 60.7 Å². The number of nitrogens with zero attached hydrogens (tertiary/aromatic N) is 1. The second-order valence-electron chi connectivity index (χ2n) is 5.35. The molecule has 0 spiro atoms. The molecule has 0 fully saturated rings. The zero-order chi connectivity index (χ0) is 15.2. The number of hydrogen-bond acceptors (Lipinski definition) is 3. The summed E-state index contributed by atoms with van der Waals surface area (Å²) in [5, 5.41) is 11.6. The van der Waals surface area contributed by atoms with Crippen molar-refractivity contribution < 1.29 is 14.2 Å². The molecule has 0 unspecified atom stereocenters. The van der Waals surface area contributed by atoms with Gasteiger partial charge in [0.1, 0.15) is 0 Å². The molecule has 0 saturated heterocycles. The summed E-state index contributed by atoms with van der Waals surface area (Å²) in [7, 11) is 0. The largest absolute Gasteiger partial charge is 0.624 e. The van der Waals surface area contributed by atoms with Crippen LogP contribution in [0.4, 0.5) is 0 Å². The summed E-state index contributed by atoms with van der Waals surface area (Å²) in [4.78, 5) is 0. The fourth-order valence-corrected chi connectivity index (χ4v) is 2.44. The molecule has 3 rings (SSSR count). The van der Waals surface area contributed by atoms with E-state index in [1.54, 1.807) is 6.21 Å². The maximum absolute atomic E-state index is 11.6. The number of benzene rings is 2. The molecule has 1 aliphatic heterocycles. The van der Waals surface area contributed by atoms with Gasteiger partial charge in [-0.15, -0.1) is 0 Å². The lowest BCUT2D eigenvalue weighted by molar-refractivity contribution is -0.453. The molecular weight excluding hydrogens is 278 g/mol. The summed E-state index contributed by atoms with van der Waals surface area (Å²) in [6.07, 6.45) is 1.02. The predicted molar refractivity (Wildman–Crippen MR) is 84.6 cm³/mol. The Hall–Kier alpha value is -2.17. The van der Waals surface area contributed by atoms with Crippen molar-refractivity contribution in [2.24, 2.45) is 0 Å². The first-order valence-corrected chi connectivity index (χ1v) is 7.41. The molecule has 0 bridgehead atoms. The highest BCUT2D eigenvalue weighted by molar-refractivity contribution is 5.60. The van der Waals surface area contributed by atoms with Crippen LogP contribution in [-0.2, 0) is 22.7 Å². The van der Waals surface area contributed by atoms with Crippen molar-refractivity contribution in [1.29, 1.82) is 0 Å². The van der Waals surface area contributed by atoms with E-state index in [0.29, 0.717) is 19.8 Å². The zero-order valence-electron chi connectivity index (χ0n) is 12.3. The van der Waals surface area contributed by atoms with Crippen molar-refractivity contribution in [2.45, 2.75) is 25.4 Å². The molecular formula is C18H19NO3. The van der Waals surface area contributed by atoms with Crippen LogP contribution in [0, 0.1) is 5.21 Å². The molecule has 0 aromatic heterocycles. The van der Waals surface area contributed by atoms with Gasteiger partial charge in [0.15, 0.2) is 25.0 Å². The minimum Gasteiger partial charge on any atom is -0.624 e. The van der Waals surface area contributed by atoms with Crippen LogP contribution in [0.5, 0.6) is 0 Å². The van der Waals surface area contributed by atoms with Crippen LogP contribution in [0.1, 0.15) is 11.1 Å². The van der Waals surface area contributed by atoms with E-state index in [9.17, 15) is 5.21 Å². The molecule has 1 aliphatic rings. The van der Waals surface area contributed by atoms with Gasteiger partial charge in [-0.25, -0.2) is 4.74 Å². The molecule has 4 heteroatoms. The lowest BCUT2D eigenvalue weighted by Gasteiger charge is -2.16. The van der Waals surface area contributed by atoms with Gasteiger partial charge >= 0.3 is 0 Å².